The third-order valence-electron chi connectivity index (χ3n) is 4.65. The Morgan fingerprint density at radius 1 is 1.12 bits per heavy atom. The van der Waals surface area contributed by atoms with Crippen LogP contribution in [0.1, 0.15) is 11.1 Å². The van der Waals surface area contributed by atoms with E-state index in [0.29, 0.717) is 16.8 Å². The molecule has 0 saturated carbocycles. The van der Waals surface area contributed by atoms with E-state index in [1.165, 1.54) is 13.1 Å². The first kappa shape index (κ1) is 28.9. The zero-order chi connectivity index (χ0) is 24.0. The normalized spacial score (nSPS) is 14.8. The number of rotatable bonds is 8. The zero-order valence-corrected chi connectivity index (χ0v) is 24.0. The van der Waals surface area contributed by atoms with Crippen LogP contribution in [0.25, 0.3) is 0 Å². The van der Waals surface area contributed by atoms with Crippen molar-refractivity contribution in [2.75, 3.05) is 36.8 Å². The second kappa shape index (κ2) is 13.1. The molecule has 2 aromatic rings. The fraction of sp³-hybridized carbons (Fsp3) is 0.250. The Kier molecular flexibility index (Phi) is 11.2. The van der Waals surface area contributed by atoms with E-state index in [1.54, 1.807) is 36.4 Å². The first-order valence-electron chi connectivity index (χ1n) is 9.62. The van der Waals surface area contributed by atoms with Gasteiger partial charge in [0.25, 0.3) is 15.9 Å². The summed E-state index contributed by atoms with van der Waals surface area (Å²) >= 11 is 10.7. The molecule has 1 radical (unpaired) electrons. The predicted molar refractivity (Wildman–Crippen MR) is 131 cm³/mol. The van der Waals surface area contributed by atoms with Crippen LogP contribution >= 0.6 is 22.4 Å². The van der Waals surface area contributed by atoms with Gasteiger partial charge in [0.05, 0.1) is 10.6 Å². The predicted octanol–water partition coefficient (Wildman–Crippen LogP) is 1.67. The summed E-state index contributed by atoms with van der Waals surface area (Å²) in [6.45, 7) is 0.0631. The summed E-state index contributed by atoms with van der Waals surface area (Å²) in [7, 11) is -1.46. The SMILES string of the molecule is CN1c2ccccc2/C(=N\OCC(=O)NCCNC(=O)CS[S-])c2ccc(Cl)cc2S1(=O)=O.[Y]. The second-order valence-corrected chi connectivity index (χ2v) is 10.4. The van der Waals surface area contributed by atoms with Gasteiger partial charge in [-0.3, -0.25) is 13.9 Å². The first-order chi connectivity index (χ1) is 15.8. The summed E-state index contributed by atoms with van der Waals surface area (Å²) in [6.07, 6.45) is 0. The minimum atomic E-state index is -3.90. The smallest absolute Gasteiger partial charge is 0.264 e. The van der Waals surface area contributed by atoms with E-state index in [2.05, 4.69) is 27.5 Å². The van der Waals surface area contributed by atoms with Crippen molar-refractivity contribution in [2.24, 2.45) is 5.16 Å². The van der Waals surface area contributed by atoms with E-state index in [0.717, 1.165) is 15.1 Å². The average molecular weight is 617 g/mol. The topological polar surface area (TPSA) is 117 Å². The van der Waals surface area contributed by atoms with Crippen LogP contribution in [0.2, 0.25) is 5.02 Å². The summed E-state index contributed by atoms with van der Waals surface area (Å²) < 4.78 is 27.5. The molecule has 3 rings (SSSR count). The Morgan fingerprint density at radius 2 is 1.79 bits per heavy atom. The maximum Gasteiger partial charge on any atom is 0.264 e. The molecule has 0 atom stereocenters. The molecule has 9 nitrogen and oxygen atoms in total. The Labute approximate surface area is 237 Å². The van der Waals surface area contributed by atoms with Crippen LogP contribution in [0.5, 0.6) is 0 Å². The van der Waals surface area contributed by atoms with Crippen molar-refractivity contribution in [1.29, 1.82) is 0 Å². The van der Waals surface area contributed by atoms with Crippen LogP contribution < -0.4 is 14.9 Å². The van der Waals surface area contributed by atoms with Crippen molar-refractivity contribution in [3.05, 3.63) is 58.6 Å². The van der Waals surface area contributed by atoms with Crippen molar-refractivity contribution in [1.82, 2.24) is 10.6 Å². The largest absolute Gasteiger partial charge is 0.719 e. The number of nitrogens with zero attached hydrogens (tertiary/aromatic N) is 2. The van der Waals surface area contributed by atoms with Gasteiger partial charge >= 0.3 is 0 Å². The van der Waals surface area contributed by atoms with Crippen LogP contribution in [0.3, 0.4) is 0 Å². The van der Waals surface area contributed by atoms with Crippen LogP contribution in [-0.4, -0.2) is 58.4 Å². The molecule has 1 aliphatic heterocycles. The van der Waals surface area contributed by atoms with Crippen molar-refractivity contribution in [3.63, 3.8) is 0 Å². The number of nitrogens with one attached hydrogen (secondary N) is 2. The van der Waals surface area contributed by atoms with Gasteiger partial charge < -0.3 is 37.9 Å². The number of carbonyl (C=O) groups is 2. The third-order valence-corrected chi connectivity index (χ3v) is 7.43. The van der Waals surface area contributed by atoms with Crippen molar-refractivity contribution in [2.45, 2.75) is 4.90 Å². The molecule has 0 bridgehead atoms. The number of anilines is 1. The quantitative estimate of drug-likeness (QED) is 0.201. The number of sulfonamides is 1. The van der Waals surface area contributed by atoms with E-state index in [4.69, 9.17) is 16.4 Å². The monoisotopic (exact) mass is 616 g/mol. The molecule has 14 heteroatoms. The number of carbonyl (C=O) groups excluding carboxylic acids is 2. The van der Waals surface area contributed by atoms with Gasteiger partial charge in [-0.25, -0.2) is 8.42 Å². The molecular weight excluding hydrogens is 597 g/mol. The molecule has 34 heavy (non-hydrogen) atoms. The Bertz CT molecular complexity index is 1200. The van der Waals surface area contributed by atoms with Crippen LogP contribution in [0, 0.1) is 0 Å². The van der Waals surface area contributed by atoms with Gasteiger partial charge in [-0.15, -0.1) is 0 Å². The Balaban J connectivity index is 0.00000408. The summed E-state index contributed by atoms with van der Waals surface area (Å²) in [5.41, 5.74) is 1.49. The Hall–Kier alpha value is -1.31. The molecule has 2 N–H and O–H groups in total. The molecule has 0 spiro atoms. The number of oxime groups is 1. The molecular formula is C20H20ClN4O5S3Y-. The maximum absolute atomic E-state index is 13.2. The Morgan fingerprint density at radius 3 is 2.50 bits per heavy atom. The zero-order valence-electron chi connectivity index (χ0n) is 18.0. The molecule has 0 fully saturated rings. The minimum absolute atomic E-state index is 0. The van der Waals surface area contributed by atoms with Gasteiger partial charge in [0, 0.05) is 74.7 Å². The number of fused-ring (bicyclic) bond motifs is 2. The number of hydrogen-bond donors (Lipinski definition) is 2. The van der Waals surface area contributed by atoms with E-state index in [1.807, 2.05) is 0 Å². The van der Waals surface area contributed by atoms with Crippen molar-refractivity contribution in [3.8, 4) is 0 Å². The van der Waals surface area contributed by atoms with Gasteiger partial charge in [-0.2, -0.15) is 0 Å². The van der Waals surface area contributed by atoms with Gasteiger partial charge in [-0.1, -0.05) is 35.0 Å². The van der Waals surface area contributed by atoms with E-state index >= 15 is 0 Å². The van der Waals surface area contributed by atoms with Gasteiger partial charge in [0.1, 0.15) is 5.71 Å². The molecule has 2 amide bonds. The average Bonchev–Trinajstić information content (AvgIpc) is 2.85. The maximum atomic E-state index is 13.2. The molecule has 1 aliphatic rings. The number of hydrogen-bond acceptors (Lipinski definition) is 8. The van der Waals surface area contributed by atoms with E-state index < -0.39 is 22.5 Å². The molecule has 0 aromatic heterocycles. The molecule has 0 saturated heterocycles. The summed E-state index contributed by atoms with van der Waals surface area (Å²) in [5, 5.41) is 9.58. The fourth-order valence-electron chi connectivity index (χ4n) is 3.09. The molecule has 0 aliphatic carbocycles. The van der Waals surface area contributed by atoms with Gasteiger partial charge in [0.2, 0.25) is 5.91 Å². The van der Waals surface area contributed by atoms with Crippen LogP contribution in [0.15, 0.2) is 52.5 Å². The molecule has 2 aromatic carbocycles. The molecule has 0 unspecified atom stereocenters. The number of benzene rings is 2. The summed E-state index contributed by atoms with van der Waals surface area (Å²) in [6, 6.07) is 11.3. The molecule has 179 valence electrons. The van der Waals surface area contributed by atoms with Crippen molar-refractivity contribution >= 4 is 67.3 Å². The van der Waals surface area contributed by atoms with Gasteiger partial charge in [-0.05, 0) is 24.3 Å². The fourth-order valence-corrected chi connectivity index (χ4v) is 5.29. The van der Waals surface area contributed by atoms with Crippen LogP contribution in [-0.2, 0) is 68.8 Å². The van der Waals surface area contributed by atoms with Crippen LogP contribution in [0.4, 0.5) is 5.69 Å². The third kappa shape index (κ3) is 6.89. The number of halogens is 1. The summed E-state index contributed by atoms with van der Waals surface area (Å²) in [5.74, 6) is -0.491. The minimum Gasteiger partial charge on any atom is -0.719 e. The second-order valence-electron chi connectivity index (χ2n) is 6.81. The van der Waals surface area contributed by atoms with E-state index in [-0.39, 0.29) is 73.1 Å². The van der Waals surface area contributed by atoms with Crippen molar-refractivity contribution < 1.29 is 55.6 Å². The van der Waals surface area contributed by atoms with Gasteiger partial charge in [0.15, 0.2) is 6.61 Å². The number of amides is 2. The van der Waals surface area contributed by atoms with E-state index in [9.17, 15) is 18.0 Å². The number of para-hydroxylation sites is 1. The summed E-state index contributed by atoms with van der Waals surface area (Å²) in [4.78, 5) is 28.7. The first-order valence-corrected chi connectivity index (χ1v) is 13.3. The molecule has 1 heterocycles. The standard InChI is InChI=1S/C20H21ClN4O5S3.Y/c1-25-16-5-3-2-4-14(16)20(15-7-6-13(21)10-17(15)33(25,28)29)24-30-11-18(26)22-8-9-23-19(27)12-32-31;/h2-7,10,31H,8-9,11-12H2,1H3,(H,22,26)(H,23,27);/p-1/b24-20+;.